The summed E-state index contributed by atoms with van der Waals surface area (Å²) in [6, 6.07) is 9.28. The Morgan fingerprint density at radius 3 is 2.67 bits per heavy atom. The average Bonchev–Trinajstić information content (AvgIpc) is 2.84. The number of fused-ring (bicyclic) bond motifs is 1. The van der Waals surface area contributed by atoms with Crippen LogP contribution in [-0.4, -0.2) is 6.04 Å². The van der Waals surface area contributed by atoms with E-state index in [2.05, 4.69) is 43.5 Å². The zero-order chi connectivity index (χ0) is 13.0. The van der Waals surface area contributed by atoms with Crippen LogP contribution in [0.4, 0.5) is 0 Å². The van der Waals surface area contributed by atoms with Crippen LogP contribution in [0.3, 0.4) is 0 Å². The van der Waals surface area contributed by atoms with Gasteiger partial charge in [0.2, 0.25) is 0 Å². The molecule has 0 bridgehead atoms. The fourth-order valence-corrected chi connectivity index (χ4v) is 3.34. The number of hydrazine groups is 1. The number of hydrogen-bond donors (Lipinski definition) is 2. The Bertz CT molecular complexity index is 371. The molecule has 0 spiro atoms. The van der Waals surface area contributed by atoms with E-state index in [1.165, 1.54) is 43.2 Å². The zero-order valence-corrected chi connectivity index (χ0v) is 11.7. The van der Waals surface area contributed by atoms with Crippen molar-refractivity contribution in [1.29, 1.82) is 0 Å². The van der Waals surface area contributed by atoms with Crippen LogP contribution in [0.15, 0.2) is 24.3 Å². The summed E-state index contributed by atoms with van der Waals surface area (Å²) in [6.07, 6.45) is 6.16. The lowest BCUT2D eigenvalue weighted by molar-refractivity contribution is 0.329. The molecule has 0 saturated heterocycles. The van der Waals surface area contributed by atoms with Crippen LogP contribution >= 0.6 is 0 Å². The van der Waals surface area contributed by atoms with Gasteiger partial charge in [0, 0.05) is 12.0 Å². The molecule has 0 saturated carbocycles. The van der Waals surface area contributed by atoms with Gasteiger partial charge >= 0.3 is 0 Å². The number of benzene rings is 1. The molecule has 1 aromatic rings. The van der Waals surface area contributed by atoms with Crippen molar-refractivity contribution in [1.82, 2.24) is 5.43 Å². The highest BCUT2D eigenvalue weighted by molar-refractivity contribution is 5.36. The minimum Gasteiger partial charge on any atom is -0.271 e. The maximum absolute atomic E-state index is 5.82. The molecule has 1 aliphatic carbocycles. The summed E-state index contributed by atoms with van der Waals surface area (Å²) in [5.41, 5.74) is 6.12. The predicted octanol–water partition coefficient (Wildman–Crippen LogP) is 3.37. The molecule has 0 amide bonds. The van der Waals surface area contributed by atoms with Crippen molar-refractivity contribution >= 4 is 0 Å². The quantitative estimate of drug-likeness (QED) is 0.596. The van der Waals surface area contributed by atoms with E-state index in [-0.39, 0.29) is 0 Å². The Balaban J connectivity index is 2.10. The molecule has 1 aromatic carbocycles. The van der Waals surface area contributed by atoms with E-state index < -0.39 is 0 Å². The van der Waals surface area contributed by atoms with Crippen LogP contribution < -0.4 is 11.3 Å². The SMILES string of the molecule is CCC(CC)CC(NN)C1CCc2ccccc21. The van der Waals surface area contributed by atoms with Crippen molar-refractivity contribution in [2.24, 2.45) is 11.8 Å². The molecule has 0 fully saturated rings. The molecule has 1 aliphatic rings. The second-order valence-corrected chi connectivity index (χ2v) is 5.54. The Labute approximate surface area is 111 Å². The van der Waals surface area contributed by atoms with Gasteiger partial charge in [0.25, 0.3) is 0 Å². The monoisotopic (exact) mass is 246 g/mol. The van der Waals surface area contributed by atoms with Gasteiger partial charge in [-0.15, -0.1) is 0 Å². The van der Waals surface area contributed by atoms with Crippen LogP contribution in [-0.2, 0) is 6.42 Å². The van der Waals surface area contributed by atoms with Crippen molar-refractivity contribution in [3.63, 3.8) is 0 Å². The van der Waals surface area contributed by atoms with E-state index in [9.17, 15) is 0 Å². The first-order chi connectivity index (χ1) is 8.80. The van der Waals surface area contributed by atoms with Crippen molar-refractivity contribution in [2.45, 2.75) is 57.9 Å². The summed E-state index contributed by atoms with van der Waals surface area (Å²) < 4.78 is 0. The number of aryl methyl sites for hydroxylation is 1. The number of hydrogen-bond acceptors (Lipinski definition) is 2. The highest BCUT2D eigenvalue weighted by atomic mass is 15.2. The fraction of sp³-hybridized carbons (Fsp3) is 0.625. The van der Waals surface area contributed by atoms with Crippen molar-refractivity contribution in [2.75, 3.05) is 0 Å². The van der Waals surface area contributed by atoms with E-state index in [1.54, 1.807) is 0 Å². The van der Waals surface area contributed by atoms with Gasteiger partial charge < -0.3 is 0 Å². The third kappa shape index (κ3) is 2.76. The fourth-order valence-electron chi connectivity index (χ4n) is 3.34. The molecule has 2 heteroatoms. The van der Waals surface area contributed by atoms with Gasteiger partial charge in [-0.3, -0.25) is 11.3 Å². The van der Waals surface area contributed by atoms with E-state index in [0.29, 0.717) is 12.0 Å². The summed E-state index contributed by atoms with van der Waals surface area (Å²) in [7, 11) is 0. The van der Waals surface area contributed by atoms with Crippen LogP contribution in [0, 0.1) is 5.92 Å². The summed E-state index contributed by atoms with van der Waals surface area (Å²) in [5.74, 6) is 7.21. The van der Waals surface area contributed by atoms with E-state index in [1.807, 2.05) is 0 Å². The minimum absolute atomic E-state index is 0.429. The molecule has 0 aromatic heterocycles. The zero-order valence-electron chi connectivity index (χ0n) is 11.7. The molecule has 0 radical (unpaired) electrons. The average molecular weight is 246 g/mol. The molecule has 2 unspecified atom stereocenters. The lowest BCUT2D eigenvalue weighted by Gasteiger charge is -2.27. The number of rotatable bonds is 6. The Morgan fingerprint density at radius 2 is 2.00 bits per heavy atom. The largest absolute Gasteiger partial charge is 0.271 e. The highest BCUT2D eigenvalue weighted by Gasteiger charge is 2.29. The summed E-state index contributed by atoms with van der Waals surface area (Å²) in [6.45, 7) is 4.56. The summed E-state index contributed by atoms with van der Waals surface area (Å²) in [5, 5.41) is 0. The first-order valence-corrected chi connectivity index (χ1v) is 7.34. The molecule has 3 N–H and O–H groups in total. The number of nitrogens with one attached hydrogen (secondary N) is 1. The van der Waals surface area contributed by atoms with Crippen LogP contribution in [0.5, 0.6) is 0 Å². The maximum Gasteiger partial charge on any atom is 0.0282 e. The number of nitrogens with two attached hydrogens (primary N) is 1. The Morgan fingerprint density at radius 1 is 1.28 bits per heavy atom. The molecular weight excluding hydrogens is 220 g/mol. The predicted molar refractivity (Wildman–Crippen MR) is 77.3 cm³/mol. The van der Waals surface area contributed by atoms with Crippen molar-refractivity contribution < 1.29 is 0 Å². The second-order valence-electron chi connectivity index (χ2n) is 5.54. The van der Waals surface area contributed by atoms with E-state index in [0.717, 1.165) is 5.92 Å². The smallest absolute Gasteiger partial charge is 0.0282 e. The van der Waals surface area contributed by atoms with Gasteiger partial charge in [-0.2, -0.15) is 0 Å². The maximum atomic E-state index is 5.82. The minimum atomic E-state index is 0.429. The van der Waals surface area contributed by atoms with Crippen molar-refractivity contribution in [3.8, 4) is 0 Å². The molecule has 100 valence electrons. The van der Waals surface area contributed by atoms with Crippen molar-refractivity contribution in [3.05, 3.63) is 35.4 Å². The first kappa shape index (κ1) is 13.6. The third-order valence-electron chi connectivity index (χ3n) is 4.62. The lowest BCUT2D eigenvalue weighted by atomic mass is 9.85. The second kappa shape index (κ2) is 6.35. The normalized spacial score (nSPS) is 20.1. The third-order valence-corrected chi connectivity index (χ3v) is 4.62. The van der Waals surface area contributed by atoms with Crippen LogP contribution in [0.25, 0.3) is 0 Å². The van der Waals surface area contributed by atoms with E-state index >= 15 is 0 Å². The summed E-state index contributed by atoms with van der Waals surface area (Å²) >= 11 is 0. The lowest BCUT2D eigenvalue weighted by Crippen LogP contribution is -2.40. The van der Waals surface area contributed by atoms with Crippen LogP contribution in [0.2, 0.25) is 0 Å². The van der Waals surface area contributed by atoms with Gasteiger partial charge in [0.15, 0.2) is 0 Å². The van der Waals surface area contributed by atoms with Gasteiger partial charge in [0.05, 0.1) is 0 Å². The molecular formula is C16H26N2. The van der Waals surface area contributed by atoms with Gasteiger partial charge in [-0.1, -0.05) is 51.0 Å². The van der Waals surface area contributed by atoms with Crippen LogP contribution in [0.1, 0.15) is 56.6 Å². The molecule has 2 rings (SSSR count). The van der Waals surface area contributed by atoms with E-state index in [4.69, 9.17) is 5.84 Å². The highest BCUT2D eigenvalue weighted by Crippen LogP contribution is 2.37. The van der Waals surface area contributed by atoms with Gasteiger partial charge in [-0.05, 0) is 36.3 Å². The standard InChI is InChI=1S/C16H26N2/c1-3-12(4-2)11-16(18-17)15-10-9-13-7-5-6-8-14(13)15/h5-8,12,15-16,18H,3-4,9-11,17H2,1-2H3. The van der Waals surface area contributed by atoms with Gasteiger partial charge in [0.1, 0.15) is 0 Å². The summed E-state index contributed by atoms with van der Waals surface area (Å²) in [4.78, 5) is 0. The molecule has 18 heavy (non-hydrogen) atoms. The molecule has 0 aliphatic heterocycles. The Kier molecular flexibility index (Phi) is 4.79. The topological polar surface area (TPSA) is 38.0 Å². The van der Waals surface area contributed by atoms with Gasteiger partial charge in [-0.25, -0.2) is 0 Å². The molecule has 2 nitrogen and oxygen atoms in total. The molecule has 2 atom stereocenters. The first-order valence-electron chi connectivity index (χ1n) is 7.34. The Hall–Kier alpha value is -0.860. The molecule has 0 heterocycles.